The van der Waals surface area contributed by atoms with Gasteiger partial charge in [-0.25, -0.2) is 19.4 Å². The highest BCUT2D eigenvalue weighted by Crippen LogP contribution is 2.38. The molecule has 3 rings (SSSR count). The van der Waals surface area contributed by atoms with Crippen LogP contribution in [-0.4, -0.2) is 67.6 Å². The first kappa shape index (κ1) is 40.6. The van der Waals surface area contributed by atoms with Crippen molar-refractivity contribution >= 4 is 62.7 Å². The second kappa shape index (κ2) is 16.1. The standard InChI is InChI=1S/C17H17ClN4OS.3C2HF3O2/c1-8-12-14(19)15(24-17(12)22-10(3)13(8)18)16(23)21-9(2)11-4-6-20-7-5-11;3*3-2(4,5)1(6)7/h4-7,9H,19H2,1-3H3,(H,21,23);3*(H,6,7). The van der Waals surface area contributed by atoms with Gasteiger partial charge in [0.2, 0.25) is 0 Å². The van der Waals surface area contributed by atoms with Gasteiger partial charge in [-0.1, -0.05) is 11.6 Å². The van der Waals surface area contributed by atoms with Crippen LogP contribution in [0.1, 0.15) is 39.5 Å². The molecule has 45 heavy (non-hydrogen) atoms. The number of nitrogens with one attached hydrogen (secondary N) is 1. The van der Waals surface area contributed by atoms with Crippen molar-refractivity contribution in [2.45, 2.75) is 45.3 Å². The Balaban J connectivity index is 0.000000753. The number of thiophene rings is 1. The number of carboxylic acids is 3. The van der Waals surface area contributed by atoms with Crippen LogP contribution in [0.5, 0.6) is 0 Å². The number of halogens is 10. The van der Waals surface area contributed by atoms with E-state index in [4.69, 9.17) is 47.0 Å². The van der Waals surface area contributed by atoms with E-state index >= 15 is 0 Å². The number of fused-ring (bicyclic) bond motifs is 1. The zero-order chi connectivity index (χ0) is 35.7. The summed E-state index contributed by atoms with van der Waals surface area (Å²) in [5.74, 6) is -8.49. The molecule has 1 atom stereocenters. The number of rotatable bonds is 3. The topological polar surface area (TPSA) is 193 Å². The lowest BCUT2D eigenvalue weighted by Gasteiger charge is -2.13. The van der Waals surface area contributed by atoms with Gasteiger partial charge < -0.3 is 26.4 Å². The van der Waals surface area contributed by atoms with Crippen LogP contribution >= 0.6 is 22.9 Å². The number of aromatic nitrogens is 2. The Labute approximate surface area is 254 Å². The van der Waals surface area contributed by atoms with E-state index < -0.39 is 36.4 Å². The maximum absolute atomic E-state index is 12.6. The third kappa shape index (κ3) is 13.0. The molecule has 250 valence electrons. The molecule has 6 N–H and O–H groups in total. The van der Waals surface area contributed by atoms with Crippen molar-refractivity contribution in [3.8, 4) is 0 Å². The van der Waals surface area contributed by atoms with E-state index in [9.17, 15) is 44.3 Å². The third-order valence-corrected chi connectivity index (χ3v) is 6.36. The number of nitrogen functional groups attached to an aromatic ring is 1. The predicted molar refractivity (Wildman–Crippen MR) is 140 cm³/mol. The van der Waals surface area contributed by atoms with Crippen LogP contribution in [0.3, 0.4) is 0 Å². The fraction of sp³-hybridized carbons (Fsp3) is 0.304. The van der Waals surface area contributed by atoms with Gasteiger partial charge in [0.25, 0.3) is 5.91 Å². The molecule has 0 spiro atoms. The Morgan fingerprint density at radius 3 is 1.60 bits per heavy atom. The third-order valence-electron chi connectivity index (χ3n) is 4.71. The summed E-state index contributed by atoms with van der Waals surface area (Å²) < 4.78 is 95.2. The summed E-state index contributed by atoms with van der Waals surface area (Å²) in [6, 6.07) is 3.59. The molecular formula is C23H20ClF9N4O7S. The number of nitrogens with two attached hydrogens (primary N) is 1. The summed E-state index contributed by atoms with van der Waals surface area (Å²) >= 11 is 7.55. The molecule has 0 saturated carbocycles. The number of aryl methyl sites for hydroxylation is 2. The minimum absolute atomic E-state index is 0.149. The number of aliphatic carboxylic acids is 3. The van der Waals surface area contributed by atoms with Crippen LogP contribution < -0.4 is 11.1 Å². The van der Waals surface area contributed by atoms with Crippen LogP contribution in [-0.2, 0) is 14.4 Å². The Morgan fingerprint density at radius 2 is 1.24 bits per heavy atom. The average molecular weight is 703 g/mol. The maximum Gasteiger partial charge on any atom is 0.490 e. The number of alkyl halides is 9. The average Bonchev–Trinajstić information content (AvgIpc) is 3.23. The quantitative estimate of drug-likeness (QED) is 0.204. The molecule has 1 unspecified atom stereocenters. The van der Waals surface area contributed by atoms with E-state index in [1.54, 1.807) is 12.4 Å². The van der Waals surface area contributed by atoms with Gasteiger partial charge >= 0.3 is 36.4 Å². The van der Waals surface area contributed by atoms with E-state index in [1.165, 1.54) is 11.3 Å². The van der Waals surface area contributed by atoms with Crippen LogP contribution in [0.25, 0.3) is 10.2 Å². The van der Waals surface area contributed by atoms with E-state index in [0.717, 1.165) is 27.0 Å². The van der Waals surface area contributed by atoms with Crippen LogP contribution in [0.4, 0.5) is 45.2 Å². The lowest BCUT2D eigenvalue weighted by atomic mass is 10.1. The largest absolute Gasteiger partial charge is 0.490 e. The molecular weight excluding hydrogens is 683 g/mol. The first-order chi connectivity index (χ1) is 20.2. The number of nitrogens with zero attached hydrogens (tertiary/aromatic N) is 2. The molecule has 0 aliphatic carbocycles. The number of hydrogen-bond acceptors (Lipinski definition) is 8. The molecule has 0 bridgehead atoms. The van der Waals surface area contributed by atoms with Gasteiger partial charge in [-0.3, -0.25) is 9.78 Å². The Morgan fingerprint density at radius 1 is 0.867 bits per heavy atom. The summed E-state index contributed by atoms with van der Waals surface area (Å²) in [5.41, 5.74) is 9.22. The van der Waals surface area contributed by atoms with Crippen molar-refractivity contribution in [3.63, 3.8) is 0 Å². The second-order valence-electron chi connectivity index (χ2n) is 8.05. The molecule has 3 aromatic heterocycles. The molecule has 0 saturated heterocycles. The Hall–Kier alpha value is -4.40. The Kier molecular flexibility index (Phi) is 14.5. The van der Waals surface area contributed by atoms with Crippen LogP contribution in [0.2, 0.25) is 5.02 Å². The zero-order valence-electron chi connectivity index (χ0n) is 22.5. The first-order valence-electron chi connectivity index (χ1n) is 11.2. The summed E-state index contributed by atoms with van der Waals surface area (Å²) in [5, 5.41) is 25.7. The van der Waals surface area contributed by atoms with Crippen LogP contribution in [0.15, 0.2) is 24.5 Å². The fourth-order valence-electron chi connectivity index (χ4n) is 2.62. The number of carboxylic acid groups (broad SMARTS) is 3. The molecule has 1 amide bonds. The minimum Gasteiger partial charge on any atom is -0.475 e. The monoisotopic (exact) mass is 702 g/mol. The highest BCUT2D eigenvalue weighted by Gasteiger charge is 2.39. The molecule has 0 aliphatic rings. The van der Waals surface area contributed by atoms with Gasteiger partial charge in [-0.15, -0.1) is 11.3 Å². The number of hydrogen-bond donors (Lipinski definition) is 5. The lowest BCUT2D eigenvalue weighted by molar-refractivity contribution is -0.193. The highest BCUT2D eigenvalue weighted by atomic mass is 35.5. The van der Waals surface area contributed by atoms with E-state index in [0.29, 0.717) is 15.6 Å². The van der Waals surface area contributed by atoms with Crippen molar-refractivity contribution in [2.75, 3.05) is 5.73 Å². The lowest BCUT2D eigenvalue weighted by Crippen LogP contribution is -2.26. The van der Waals surface area contributed by atoms with E-state index in [-0.39, 0.29) is 11.9 Å². The van der Waals surface area contributed by atoms with Gasteiger partial charge in [0.1, 0.15) is 9.71 Å². The number of carbonyl (C=O) groups excluding carboxylic acids is 1. The number of anilines is 1. The zero-order valence-corrected chi connectivity index (χ0v) is 24.1. The first-order valence-corrected chi connectivity index (χ1v) is 12.4. The Bertz CT molecular complexity index is 1460. The second-order valence-corrected chi connectivity index (χ2v) is 9.42. The van der Waals surface area contributed by atoms with Crippen molar-refractivity contribution in [1.29, 1.82) is 0 Å². The normalized spacial score (nSPS) is 11.8. The molecule has 0 fully saturated rings. The fourth-order valence-corrected chi connectivity index (χ4v) is 3.86. The van der Waals surface area contributed by atoms with E-state index in [1.807, 2.05) is 32.9 Å². The molecule has 0 radical (unpaired) electrons. The summed E-state index contributed by atoms with van der Waals surface area (Å²) in [6.07, 6.45) is -11.9. The molecule has 0 aromatic carbocycles. The van der Waals surface area contributed by atoms with Crippen LogP contribution in [0, 0.1) is 13.8 Å². The summed E-state index contributed by atoms with van der Waals surface area (Å²) in [4.78, 5) is 49.0. The van der Waals surface area contributed by atoms with Crippen molar-refractivity contribution in [2.24, 2.45) is 0 Å². The SMILES string of the molecule is Cc1nc2sc(C(=O)NC(C)c3ccncc3)c(N)c2c(C)c1Cl.O=C(O)C(F)(F)F.O=C(O)C(F)(F)F.O=C(O)C(F)(F)F. The molecule has 11 nitrogen and oxygen atoms in total. The summed E-state index contributed by atoms with van der Waals surface area (Å²) in [6.45, 7) is 5.65. The van der Waals surface area contributed by atoms with Crippen molar-refractivity contribution < 1.29 is 74.0 Å². The van der Waals surface area contributed by atoms with E-state index in [2.05, 4.69) is 15.3 Å². The molecule has 3 aromatic rings. The molecule has 3 heterocycles. The van der Waals surface area contributed by atoms with Crippen molar-refractivity contribution in [1.82, 2.24) is 15.3 Å². The van der Waals surface area contributed by atoms with Gasteiger partial charge in [0.15, 0.2) is 0 Å². The molecule has 0 aliphatic heterocycles. The molecule has 22 heteroatoms. The van der Waals surface area contributed by atoms with Crippen molar-refractivity contribution in [3.05, 3.63) is 51.2 Å². The number of pyridine rings is 2. The van der Waals surface area contributed by atoms with Gasteiger partial charge in [0, 0.05) is 17.8 Å². The van der Waals surface area contributed by atoms with Gasteiger partial charge in [-0.2, -0.15) is 39.5 Å². The number of amides is 1. The predicted octanol–water partition coefficient (Wildman–Crippen LogP) is 5.93. The highest BCUT2D eigenvalue weighted by molar-refractivity contribution is 7.21. The maximum atomic E-state index is 12.6. The minimum atomic E-state index is -5.08. The smallest absolute Gasteiger partial charge is 0.475 e. The van der Waals surface area contributed by atoms with Gasteiger partial charge in [-0.05, 0) is 44.0 Å². The number of carbonyl (C=O) groups is 4. The van der Waals surface area contributed by atoms with Gasteiger partial charge in [0.05, 0.1) is 22.4 Å². The summed E-state index contributed by atoms with van der Waals surface area (Å²) in [7, 11) is 0.